The average Bonchev–Trinajstić information content (AvgIpc) is 2.73. The molecule has 0 saturated heterocycles. The summed E-state index contributed by atoms with van der Waals surface area (Å²) >= 11 is 0. The maximum atomic E-state index is 12.0. The van der Waals surface area contributed by atoms with Crippen LogP contribution in [-0.4, -0.2) is 24.2 Å². The van der Waals surface area contributed by atoms with Crippen LogP contribution >= 0.6 is 0 Å². The molecule has 0 spiro atoms. The molecule has 1 atom stereocenters. The zero-order valence-corrected chi connectivity index (χ0v) is 10.2. The minimum atomic E-state index is -0.243. The van der Waals surface area contributed by atoms with Crippen molar-refractivity contribution in [2.24, 2.45) is 0 Å². The molecular weight excluding hydrogens is 215 g/mol. The summed E-state index contributed by atoms with van der Waals surface area (Å²) in [5.41, 5.74) is 2.50. The molecule has 92 valence electrons. The lowest BCUT2D eigenvalue weighted by Crippen LogP contribution is -2.29. The van der Waals surface area contributed by atoms with Crippen LogP contribution in [0.1, 0.15) is 18.9 Å². The Hall–Kier alpha value is -1.35. The van der Waals surface area contributed by atoms with Crippen LogP contribution < -0.4 is 5.32 Å². The summed E-state index contributed by atoms with van der Waals surface area (Å²) < 4.78 is 12.0. The van der Waals surface area contributed by atoms with Gasteiger partial charge < -0.3 is 10.3 Å². The van der Waals surface area contributed by atoms with Crippen LogP contribution in [0.3, 0.4) is 0 Å². The topological polar surface area (TPSA) is 27.8 Å². The van der Waals surface area contributed by atoms with Crippen molar-refractivity contribution in [3.63, 3.8) is 0 Å². The number of H-pyrrole nitrogens is 1. The van der Waals surface area contributed by atoms with Gasteiger partial charge in [0.25, 0.3) is 0 Å². The number of para-hydroxylation sites is 1. The summed E-state index contributed by atoms with van der Waals surface area (Å²) in [5, 5.41) is 4.62. The zero-order chi connectivity index (χ0) is 12.1. The number of aromatic nitrogens is 1. The monoisotopic (exact) mass is 234 g/mol. The van der Waals surface area contributed by atoms with Gasteiger partial charge in [0, 0.05) is 23.1 Å². The van der Waals surface area contributed by atoms with Gasteiger partial charge in [-0.1, -0.05) is 18.2 Å². The van der Waals surface area contributed by atoms with Gasteiger partial charge in [-0.05, 0) is 37.9 Å². The molecule has 0 aliphatic heterocycles. The summed E-state index contributed by atoms with van der Waals surface area (Å²) in [7, 11) is 0. The van der Waals surface area contributed by atoms with Crippen LogP contribution in [-0.2, 0) is 6.42 Å². The van der Waals surface area contributed by atoms with Crippen LogP contribution in [0.4, 0.5) is 4.39 Å². The van der Waals surface area contributed by atoms with E-state index in [0.29, 0.717) is 12.5 Å². The maximum Gasteiger partial charge on any atom is 0.0906 e. The van der Waals surface area contributed by atoms with Crippen molar-refractivity contribution in [1.29, 1.82) is 0 Å². The molecule has 0 amide bonds. The highest BCUT2D eigenvalue weighted by Gasteiger charge is 2.07. The summed E-state index contributed by atoms with van der Waals surface area (Å²) in [6.45, 7) is 2.65. The number of hydrogen-bond donors (Lipinski definition) is 2. The standard InChI is InChI=1S/C14H19FN2/c1-11(16-8-4-7-15)9-12-10-17-14-6-3-2-5-13(12)14/h2-3,5-6,10-11,16-17H,4,7-9H2,1H3/t11-/m1/s1. The number of alkyl halides is 1. The van der Waals surface area contributed by atoms with Crippen LogP contribution in [0, 0.1) is 0 Å². The first-order valence-electron chi connectivity index (χ1n) is 6.15. The molecule has 2 rings (SSSR count). The molecule has 0 radical (unpaired) electrons. The Morgan fingerprint density at radius 3 is 3.00 bits per heavy atom. The van der Waals surface area contributed by atoms with Gasteiger partial charge in [-0.15, -0.1) is 0 Å². The van der Waals surface area contributed by atoms with Crippen molar-refractivity contribution in [1.82, 2.24) is 10.3 Å². The summed E-state index contributed by atoms with van der Waals surface area (Å²) in [6.07, 6.45) is 3.63. The summed E-state index contributed by atoms with van der Waals surface area (Å²) in [4.78, 5) is 3.27. The van der Waals surface area contributed by atoms with E-state index < -0.39 is 0 Å². The molecule has 1 aromatic carbocycles. The number of halogens is 1. The number of hydrogen-bond acceptors (Lipinski definition) is 1. The lowest BCUT2D eigenvalue weighted by Gasteiger charge is -2.12. The molecule has 0 unspecified atom stereocenters. The predicted octanol–water partition coefficient (Wildman–Crippen LogP) is 3.05. The smallest absolute Gasteiger partial charge is 0.0906 e. The van der Waals surface area contributed by atoms with Gasteiger partial charge >= 0.3 is 0 Å². The fourth-order valence-corrected chi connectivity index (χ4v) is 2.12. The number of fused-ring (bicyclic) bond motifs is 1. The number of aromatic amines is 1. The van der Waals surface area contributed by atoms with Gasteiger partial charge in [-0.3, -0.25) is 4.39 Å². The van der Waals surface area contributed by atoms with Crippen molar-refractivity contribution in [3.05, 3.63) is 36.0 Å². The first-order valence-corrected chi connectivity index (χ1v) is 6.15. The molecule has 0 fully saturated rings. The van der Waals surface area contributed by atoms with E-state index in [-0.39, 0.29) is 6.67 Å². The molecule has 2 aromatic rings. The molecular formula is C14H19FN2. The predicted molar refractivity (Wildman–Crippen MR) is 70.1 cm³/mol. The van der Waals surface area contributed by atoms with Gasteiger partial charge in [0.05, 0.1) is 6.67 Å². The maximum absolute atomic E-state index is 12.0. The third-order valence-electron chi connectivity index (χ3n) is 3.00. The molecule has 0 saturated carbocycles. The third-order valence-corrected chi connectivity index (χ3v) is 3.00. The van der Waals surface area contributed by atoms with E-state index in [9.17, 15) is 4.39 Å². The van der Waals surface area contributed by atoms with Gasteiger partial charge in [0.1, 0.15) is 0 Å². The second-order valence-corrected chi connectivity index (χ2v) is 4.46. The highest BCUT2D eigenvalue weighted by molar-refractivity contribution is 5.83. The quantitative estimate of drug-likeness (QED) is 0.739. The highest BCUT2D eigenvalue weighted by atomic mass is 19.1. The fourth-order valence-electron chi connectivity index (χ4n) is 2.12. The van der Waals surface area contributed by atoms with Crippen molar-refractivity contribution >= 4 is 10.9 Å². The molecule has 1 aromatic heterocycles. The Morgan fingerprint density at radius 1 is 1.35 bits per heavy atom. The van der Waals surface area contributed by atoms with E-state index in [0.717, 1.165) is 13.0 Å². The summed E-state index contributed by atoms with van der Waals surface area (Å²) in [5.74, 6) is 0. The van der Waals surface area contributed by atoms with Crippen LogP contribution in [0.15, 0.2) is 30.5 Å². The van der Waals surface area contributed by atoms with Gasteiger partial charge in [0.2, 0.25) is 0 Å². The molecule has 1 heterocycles. The molecule has 3 heteroatoms. The number of rotatable bonds is 6. The largest absolute Gasteiger partial charge is 0.361 e. The Kier molecular flexibility index (Phi) is 4.15. The van der Waals surface area contributed by atoms with E-state index in [1.165, 1.54) is 16.5 Å². The van der Waals surface area contributed by atoms with E-state index in [4.69, 9.17) is 0 Å². The van der Waals surface area contributed by atoms with Crippen molar-refractivity contribution in [2.75, 3.05) is 13.2 Å². The van der Waals surface area contributed by atoms with Gasteiger partial charge in [-0.25, -0.2) is 0 Å². The number of nitrogens with one attached hydrogen (secondary N) is 2. The molecule has 0 bridgehead atoms. The Labute approximate surface area is 101 Å². The molecule has 17 heavy (non-hydrogen) atoms. The second kappa shape index (κ2) is 5.82. The van der Waals surface area contributed by atoms with Crippen molar-refractivity contribution < 1.29 is 4.39 Å². The van der Waals surface area contributed by atoms with Crippen LogP contribution in [0.2, 0.25) is 0 Å². The molecule has 0 aliphatic rings. The van der Waals surface area contributed by atoms with Crippen LogP contribution in [0.5, 0.6) is 0 Å². The van der Waals surface area contributed by atoms with Crippen LogP contribution in [0.25, 0.3) is 10.9 Å². The van der Waals surface area contributed by atoms with E-state index in [1.807, 2.05) is 6.07 Å². The zero-order valence-electron chi connectivity index (χ0n) is 10.2. The first-order chi connectivity index (χ1) is 8.31. The van der Waals surface area contributed by atoms with E-state index in [1.54, 1.807) is 0 Å². The van der Waals surface area contributed by atoms with Gasteiger partial charge in [0.15, 0.2) is 0 Å². The first kappa shape index (κ1) is 12.1. The van der Waals surface area contributed by atoms with Crippen molar-refractivity contribution in [3.8, 4) is 0 Å². The molecule has 2 N–H and O–H groups in total. The minimum absolute atomic E-state index is 0.243. The Balaban J connectivity index is 1.98. The van der Waals surface area contributed by atoms with Gasteiger partial charge in [-0.2, -0.15) is 0 Å². The average molecular weight is 234 g/mol. The van der Waals surface area contributed by atoms with Crippen molar-refractivity contribution in [2.45, 2.75) is 25.8 Å². The molecule has 0 aliphatic carbocycles. The highest BCUT2D eigenvalue weighted by Crippen LogP contribution is 2.18. The summed E-state index contributed by atoms with van der Waals surface area (Å²) in [6, 6.07) is 8.68. The Morgan fingerprint density at radius 2 is 2.18 bits per heavy atom. The SMILES string of the molecule is C[C@H](Cc1c[nH]c2ccccc12)NCCCF. The van der Waals surface area contributed by atoms with E-state index in [2.05, 4.69) is 41.6 Å². The number of benzene rings is 1. The third kappa shape index (κ3) is 3.07. The minimum Gasteiger partial charge on any atom is -0.361 e. The molecule has 2 nitrogen and oxygen atoms in total. The fraction of sp³-hybridized carbons (Fsp3) is 0.429. The normalized spacial score (nSPS) is 13.1. The lowest BCUT2D eigenvalue weighted by atomic mass is 10.1. The van der Waals surface area contributed by atoms with E-state index >= 15 is 0 Å². The Bertz CT molecular complexity index is 464. The lowest BCUT2D eigenvalue weighted by molar-refractivity contribution is 0.442. The second-order valence-electron chi connectivity index (χ2n) is 4.46.